The SMILES string of the molecule is CC(C)(C)c1cccc([Si]2(c3cccc(N(c4ccc5c(c4)C(c4ccccc4)(c4ccccc4)c4ccccc4-5)c4ccc5c(c4)C(c4ccccc4)(c4ccccc4)c4ccccc4-5)c3)c3ccccc3-c3ccccc32)c1. The first-order valence-corrected chi connectivity index (χ1v) is 30.2. The lowest BCUT2D eigenvalue weighted by atomic mass is 9.67. The molecule has 2 heteroatoms. The molecular weight excluding hydrogens is 979 g/mol. The molecule has 380 valence electrons. The molecule has 0 N–H and O–H groups in total. The van der Waals surface area contributed by atoms with E-state index in [9.17, 15) is 0 Å². The molecule has 0 amide bonds. The van der Waals surface area contributed by atoms with E-state index in [1.807, 2.05) is 0 Å². The molecular formula is C78H59NSi. The lowest BCUT2D eigenvalue weighted by Crippen LogP contribution is -2.73. The fraction of sp³-hybridized carbons (Fsp3) is 0.0769. The Balaban J connectivity index is 1.04. The third-order valence-electron chi connectivity index (χ3n) is 18.1. The second kappa shape index (κ2) is 18.4. The minimum absolute atomic E-state index is 0.0359. The van der Waals surface area contributed by atoms with Gasteiger partial charge >= 0.3 is 0 Å². The minimum Gasteiger partial charge on any atom is -0.310 e. The Morgan fingerprint density at radius 1 is 0.275 bits per heavy atom. The molecule has 0 saturated carbocycles. The van der Waals surface area contributed by atoms with Gasteiger partial charge in [0.1, 0.15) is 0 Å². The highest BCUT2D eigenvalue weighted by Crippen LogP contribution is 2.59. The lowest BCUT2D eigenvalue weighted by molar-refractivity contribution is 0.591. The van der Waals surface area contributed by atoms with Gasteiger partial charge in [0, 0.05) is 17.1 Å². The van der Waals surface area contributed by atoms with Crippen molar-refractivity contribution in [3.8, 4) is 33.4 Å². The smallest absolute Gasteiger partial charge is 0.180 e. The van der Waals surface area contributed by atoms with Crippen molar-refractivity contribution in [2.45, 2.75) is 37.0 Å². The second-order valence-corrected chi connectivity index (χ2v) is 26.8. The minimum atomic E-state index is -2.98. The quantitative estimate of drug-likeness (QED) is 0.130. The maximum absolute atomic E-state index is 2.98. The van der Waals surface area contributed by atoms with Gasteiger partial charge < -0.3 is 4.90 Å². The molecule has 12 aromatic carbocycles. The predicted molar refractivity (Wildman–Crippen MR) is 337 cm³/mol. The van der Waals surface area contributed by atoms with E-state index in [1.165, 1.54) is 104 Å². The molecule has 0 radical (unpaired) electrons. The van der Waals surface area contributed by atoms with Gasteiger partial charge in [-0.3, -0.25) is 0 Å². The van der Waals surface area contributed by atoms with Crippen LogP contribution in [0.1, 0.15) is 70.8 Å². The van der Waals surface area contributed by atoms with E-state index in [1.54, 1.807) is 0 Å². The summed E-state index contributed by atoms with van der Waals surface area (Å²) in [6.07, 6.45) is 0. The van der Waals surface area contributed by atoms with Gasteiger partial charge in [-0.1, -0.05) is 288 Å². The van der Waals surface area contributed by atoms with Crippen molar-refractivity contribution >= 4 is 45.9 Å². The Labute approximate surface area is 471 Å². The third-order valence-corrected chi connectivity index (χ3v) is 22.9. The van der Waals surface area contributed by atoms with Crippen LogP contribution >= 0.6 is 0 Å². The molecule has 12 aromatic rings. The largest absolute Gasteiger partial charge is 0.310 e. The third kappa shape index (κ3) is 6.82. The van der Waals surface area contributed by atoms with Gasteiger partial charge in [-0.05, 0) is 146 Å². The summed E-state index contributed by atoms with van der Waals surface area (Å²) in [5.41, 5.74) is 21.3. The van der Waals surface area contributed by atoms with Crippen LogP contribution in [0, 0.1) is 0 Å². The maximum Gasteiger partial charge on any atom is 0.180 e. The van der Waals surface area contributed by atoms with Crippen LogP contribution in [-0.2, 0) is 16.2 Å². The number of fused-ring (bicyclic) bond motifs is 9. The van der Waals surface area contributed by atoms with Gasteiger partial charge in [-0.15, -0.1) is 0 Å². The Bertz CT molecular complexity index is 4040. The Hall–Kier alpha value is -9.34. The molecule has 0 fully saturated rings. The van der Waals surface area contributed by atoms with E-state index in [2.05, 4.69) is 329 Å². The van der Waals surface area contributed by atoms with Crippen molar-refractivity contribution < 1.29 is 0 Å². The van der Waals surface area contributed by atoms with Crippen LogP contribution in [0.15, 0.2) is 303 Å². The second-order valence-electron chi connectivity index (χ2n) is 23.1. The van der Waals surface area contributed by atoms with E-state index in [0.29, 0.717) is 0 Å². The van der Waals surface area contributed by atoms with Crippen molar-refractivity contribution in [2.24, 2.45) is 0 Å². The fourth-order valence-corrected chi connectivity index (χ4v) is 19.9. The van der Waals surface area contributed by atoms with Crippen LogP contribution in [0.2, 0.25) is 0 Å². The van der Waals surface area contributed by atoms with Gasteiger partial charge in [0.05, 0.1) is 10.8 Å². The molecule has 15 rings (SSSR count). The Morgan fingerprint density at radius 2 is 0.625 bits per heavy atom. The van der Waals surface area contributed by atoms with Crippen molar-refractivity contribution in [3.63, 3.8) is 0 Å². The van der Waals surface area contributed by atoms with Crippen LogP contribution in [0.4, 0.5) is 17.1 Å². The van der Waals surface area contributed by atoms with Gasteiger partial charge in [0.2, 0.25) is 0 Å². The average molecular weight is 1040 g/mol. The highest BCUT2D eigenvalue weighted by Gasteiger charge is 2.51. The number of rotatable bonds is 9. The monoisotopic (exact) mass is 1040 g/mol. The molecule has 0 unspecified atom stereocenters. The van der Waals surface area contributed by atoms with E-state index in [4.69, 9.17) is 0 Å². The van der Waals surface area contributed by atoms with E-state index >= 15 is 0 Å². The summed E-state index contributed by atoms with van der Waals surface area (Å²) in [7, 11) is -2.98. The van der Waals surface area contributed by atoms with Crippen molar-refractivity contribution in [1.29, 1.82) is 0 Å². The number of hydrogen-bond acceptors (Lipinski definition) is 1. The maximum atomic E-state index is 2.58. The summed E-state index contributed by atoms with van der Waals surface area (Å²) in [5, 5.41) is 5.64. The molecule has 1 aliphatic heterocycles. The van der Waals surface area contributed by atoms with E-state index in [-0.39, 0.29) is 5.41 Å². The lowest BCUT2D eigenvalue weighted by Gasteiger charge is -2.36. The fourth-order valence-electron chi connectivity index (χ4n) is 14.7. The summed E-state index contributed by atoms with van der Waals surface area (Å²) < 4.78 is 0. The van der Waals surface area contributed by atoms with E-state index < -0.39 is 18.9 Å². The summed E-state index contributed by atoms with van der Waals surface area (Å²) in [4.78, 5) is 2.58. The van der Waals surface area contributed by atoms with Crippen LogP contribution in [0.25, 0.3) is 33.4 Å². The molecule has 0 atom stereocenters. The van der Waals surface area contributed by atoms with Crippen LogP contribution in [-0.4, -0.2) is 8.07 Å². The molecule has 2 aliphatic carbocycles. The van der Waals surface area contributed by atoms with E-state index in [0.717, 1.165) is 17.1 Å². The number of anilines is 3. The first-order valence-electron chi connectivity index (χ1n) is 28.2. The predicted octanol–water partition coefficient (Wildman–Crippen LogP) is 16.5. The highest BCUT2D eigenvalue weighted by atomic mass is 28.3. The van der Waals surface area contributed by atoms with Gasteiger partial charge in [-0.25, -0.2) is 0 Å². The molecule has 0 spiro atoms. The molecule has 0 aromatic heterocycles. The molecule has 0 bridgehead atoms. The number of benzene rings is 12. The highest BCUT2D eigenvalue weighted by molar-refractivity contribution is 7.22. The van der Waals surface area contributed by atoms with Gasteiger partial charge in [-0.2, -0.15) is 0 Å². The molecule has 3 aliphatic rings. The summed E-state index contributed by atoms with van der Waals surface area (Å²) in [5.74, 6) is 0. The zero-order valence-electron chi connectivity index (χ0n) is 45.3. The Kier molecular flexibility index (Phi) is 11.0. The molecule has 1 nitrogen and oxygen atoms in total. The number of nitrogens with zero attached hydrogens (tertiary/aromatic N) is 1. The van der Waals surface area contributed by atoms with Crippen LogP contribution in [0.5, 0.6) is 0 Å². The standard InChI is InChI=1S/C78H59NSi/c1-76(2,3)58-34-24-36-62(50-58)80(74-44-22-18-40-68(74)69-41-19-23-45-75(69)80)63-37-25-35-59(51-63)79(60-46-48-66-64-38-16-20-42-70(64)77(72(66)52-60,54-26-8-4-9-27-54)55-28-10-5-11-29-55)61-47-49-67-65-39-17-21-43-71(65)78(73(67)53-61,56-30-12-6-13-31-56)57-32-14-7-15-33-57/h4-53H,1-3H3. The zero-order chi connectivity index (χ0) is 53.6. The van der Waals surface area contributed by atoms with Crippen molar-refractivity contribution in [2.75, 3.05) is 4.90 Å². The molecule has 80 heavy (non-hydrogen) atoms. The summed E-state index contributed by atoms with van der Waals surface area (Å²) in [6, 6.07) is 116. The topological polar surface area (TPSA) is 3.24 Å². The summed E-state index contributed by atoms with van der Waals surface area (Å²) in [6.45, 7) is 7.02. The van der Waals surface area contributed by atoms with Crippen LogP contribution < -0.4 is 25.6 Å². The first-order chi connectivity index (χ1) is 39.3. The molecule has 1 heterocycles. The van der Waals surface area contributed by atoms with Gasteiger partial charge in [0.15, 0.2) is 8.07 Å². The first kappa shape index (κ1) is 47.8. The summed E-state index contributed by atoms with van der Waals surface area (Å²) >= 11 is 0. The van der Waals surface area contributed by atoms with Crippen molar-refractivity contribution in [1.82, 2.24) is 0 Å². The average Bonchev–Trinajstić information content (AvgIpc) is 3.39. The van der Waals surface area contributed by atoms with Crippen LogP contribution in [0.3, 0.4) is 0 Å². The Morgan fingerprint density at radius 3 is 1.06 bits per heavy atom. The van der Waals surface area contributed by atoms with Crippen molar-refractivity contribution in [3.05, 3.63) is 353 Å². The zero-order valence-corrected chi connectivity index (χ0v) is 46.3. The normalized spacial score (nSPS) is 14.5. The van der Waals surface area contributed by atoms with Gasteiger partial charge in [0.25, 0.3) is 0 Å². The number of hydrogen-bond donors (Lipinski definition) is 0. The molecule has 0 saturated heterocycles.